The average Bonchev–Trinajstić information content (AvgIpc) is 3.60. The molecule has 2 saturated carbocycles. The van der Waals surface area contributed by atoms with Gasteiger partial charge in [-0.2, -0.15) is 0 Å². The summed E-state index contributed by atoms with van der Waals surface area (Å²) in [6.45, 7) is 8.92. The van der Waals surface area contributed by atoms with Crippen LogP contribution < -0.4 is 15.4 Å². The summed E-state index contributed by atoms with van der Waals surface area (Å²) in [5, 5.41) is 6.38. The fourth-order valence-electron chi connectivity index (χ4n) is 8.46. The Labute approximate surface area is 243 Å². The molecular formula is C33H45N3O5. The number of ether oxygens (including phenoxy) is 2. The number of likely N-dealkylation sites (tertiary alicyclic amines) is 1. The maximum atomic E-state index is 14.5. The predicted octanol–water partition coefficient (Wildman–Crippen LogP) is 4.55. The Balaban J connectivity index is 1.33. The van der Waals surface area contributed by atoms with Crippen molar-refractivity contribution in [1.82, 2.24) is 10.2 Å². The fraction of sp³-hybridized carbons (Fsp3) is 0.667. The van der Waals surface area contributed by atoms with Gasteiger partial charge in [-0.3, -0.25) is 14.4 Å². The second kappa shape index (κ2) is 10.8. The molecule has 1 aromatic rings. The van der Waals surface area contributed by atoms with Crippen LogP contribution in [0.2, 0.25) is 0 Å². The third kappa shape index (κ3) is 4.57. The number of methoxy groups -OCH3 is 1. The fourth-order valence-corrected chi connectivity index (χ4v) is 8.46. The first-order valence-corrected chi connectivity index (χ1v) is 15.6. The molecule has 8 nitrogen and oxygen atoms in total. The highest BCUT2D eigenvalue weighted by molar-refractivity contribution is 6.03. The zero-order valence-corrected chi connectivity index (χ0v) is 25.0. The highest BCUT2D eigenvalue weighted by Gasteiger charge is 2.73. The van der Waals surface area contributed by atoms with Crippen LogP contribution in [0.15, 0.2) is 36.4 Å². The lowest BCUT2D eigenvalue weighted by Gasteiger charge is -2.44. The monoisotopic (exact) mass is 563 g/mol. The van der Waals surface area contributed by atoms with E-state index in [0.29, 0.717) is 29.2 Å². The number of hydrogen-bond donors (Lipinski definition) is 2. The molecule has 5 aliphatic rings. The van der Waals surface area contributed by atoms with Gasteiger partial charge in [0.2, 0.25) is 17.7 Å². The molecule has 4 fully saturated rings. The Hall–Kier alpha value is -2.87. The number of fused-ring (bicyclic) bond motifs is 1. The molecule has 0 aromatic heterocycles. The standard InChI is InChI=1S/C33H45N3O5/c1-18-8-6-10-24(20(18)3)35-31(38)29-33-17-16-26(41-33)27(30(37)34-22-12-14-23(40-5)15-13-22)28(33)32(39)36(29)25-11-7-9-19(2)21(25)4/h12-21,24-29H,6-11H2,1-5H3,(H,34,37)(H,35,38). The topological polar surface area (TPSA) is 97.0 Å². The molecular weight excluding hydrogens is 518 g/mol. The van der Waals surface area contributed by atoms with Gasteiger partial charge in [0.1, 0.15) is 17.4 Å². The van der Waals surface area contributed by atoms with E-state index in [1.165, 1.54) is 6.42 Å². The summed E-state index contributed by atoms with van der Waals surface area (Å²) < 4.78 is 11.8. The van der Waals surface area contributed by atoms with Gasteiger partial charge in [-0.15, -0.1) is 0 Å². The summed E-state index contributed by atoms with van der Waals surface area (Å²) >= 11 is 0. The third-order valence-electron chi connectivity index (χ3n) is 11.3. The lowest BCUT2D eigenvalue weighted by Crippen LogP contribution is -2.61. The van der Waals surface area contributed by atoms with Crippen LogP contribution in [0.25, 0.3) is 0 Å². The van der Waals surface area contributed by atoms with Crippen molar-refractivity contribution in [3.05, 3.63) is 36.4 Å². The molecule has 11 unspecified atom stereocenters. The molecule has 11 atom stereocenters. The summed E-state index contributed by atoms with van der Waals surface area (Å²) in [5.41, 5.74) is -0.513. The second-order valence-electron chi connectivity index (χ2n) is 13.4. The van der Waals surface area contributed by atoms with Crippen LogP contribution in [0.5, 0.6) is 5.75 Å². The first-order chi connectivity index (χ1) is 19.7. The van der Waals surface area contributed by atoms with Gasteiger partial charge in [-0.25, -0.2) is 0 Å². The van der Waals surface area contributed by atoms with E-state index in [-0.39, 0.29) is 35.7 Å². The lowest BCUT2D eigenvalue weighted by molar-refractivity contribution is -0.146. The third-order valence-corrected chi connectivity index (χ3v) is 11.3. The van der Waals surface area contributed by atoms with E-state index in [1.54, 1.807) is 31.4 Å². The number of nitrogens with one attached hydrogen (secondary N) is 2. The SMILES string of the molecule is COc1ccc(NC(=O)C2C3C=CC4(O3)C2C(=O)N(C2CCCC(C)C2C)C4C(=O)NC2CCCC(C)C2C)cc1. The summed E-state index contributed by atoms with van der Waals surface area (Å²) in [6.07, 6.45) is 9.46. The van der Waals surface area contributed by atoms with Crippen molar-refractivity contribution in [2.24, 2.45) is 35.5 Å². The number of rotatable bonds is 6. The van der Waals surface area contributed by atoms with Gasteiger partial charge >= 0.3 is 0 Å². The van der Waals surface area contributed by atoms with Gasteiger partial charge in [0.05, 0.1) is 25.0 Å². The molecule has 3 aliphatic heterocycles. The van der Waals surface area contributed by atoms with Crippen LogP contribution in [0.4, 0.5) is 5.69 Å². The van der Waals surface area contributed by atoms with Crippen molar-refractivity contribution in [3.8, 4) is 5.75 Å². The zero-order chi connectivity index (χ0) is 29.1. The Morgan fingerprint density at radius 3 is 2.34 bits per heavy atom. The van der Waals surface area contributed by atoms with Crippen molar-refractivity contribution >= 4 is 23.4 Å². The second-order valence-corrected chi connectivity index (χ2v) is 13.4. The summed E-state index contributed by atoms with van der Waals surface area (Å²) in [6, 6.07) is 6.36. The van der Waals surface area contributed by atoms with E-state index in [4.69, 9.17) is 9.47 Å². The molecule has 41 heavy (non-hydrogen) atoms. The molecule has 2 saturated heterocycles. The van der Waals surface area contributed by atoms with Gasteiger partial charge in [0.15, 0.2) is 0 Å². The van der Waals surface area contributed by atoms with Gasteiger partial charge in [-0.1, -0.05) is 65.5 Å². The number of anilines is 1. The number of carbonyl (C=O) groups is 3. The smallest absolute Gasteiger partial charge is 0.246 e. The highest BCUT2D eigenvalue weighted by atomic mass is 16.5. The largest absolute Gasteiger partial charge is 0.497 e. The van der Waals surface area contributed by atoms with Crippen LogP contribution in [-0.2, 0) is 19.1 Å². The van der Waals surface area contributed by atoms with E-state index < -0.39 is 29.6 Å². The van der Waals surface area contributed by atoms with E-state index >= 15 is 0 Å². The molecule has 1 spiro atoms. The van der Waals surface area contributed by atoms with Gasteiger partial charge in [0, 0.05) is 17.8 Å². The normalized spacial score (nSPS) is 41.3. The summed E-state index contributed by atoms with van der Waals surface area (Å²) in [5.74, 6) is 0.320. The Morgan fingerprint density at radius 1 is 0.951 bits per heavy atom. The molecule has 2 bridgehead atoms. The molecule has 8 heteroatoms. The Morgan fingerprint density at radius 2 is 1.63 bits per heavy atom. The molecule has 6 rings (SSSR count). The molecule has 3 amide bonds. The zero-order valence-electron chi connectivity index (χ0n) is 25.0. The number of hydrogen-bond acceptors (Lipinski definition) is 5. The van der Waals surface area contributed by atoms with Crippen molar-refractivity contribution in [2.75, 3.05) is 12.4 Å². The van der Waals surface area contributed by atoms with E-state index in [9.17, 15) is 14.4 Å². The minimum Gasteiger partial charge on any atom is -0.497 e. The maximum Gasteiger partial charge on any atom is 0.246 e. The number of carbonyl (C=O) groups excluding carboxylic acids is 3. The van der Waals surface area contributed by atoms with Crippen molar-refractivity contribution in [1.29, 1.82) is 0 Å². The Kier molecular flexibility index (Phi) is 7.41. The van der Waals surface area contributed by atoms with Crippen LogP contribution in [-0.4, -0.2) is 59.6 Å². The molecule has 1 aromatic carbocycles. The minimum atomic E-state index is -1.14. The first kappa shape index (κ1) is 28.3. The molecule has 2 N–H and O–H groups in total. The van der Waals surface area contributed by atoms with Crippen LogP contribution in [0.1, 0.15) is 66.2 Å². The number of benzene rings is 1. The summed E-state index contributed by atoms with van der Waals surface area (Å²) in [7, 11) is 1.60. The first-order valence-electron chi connectivity index (χ1n) is 15.6. The minimum absolute atomic E-state index is 0.0639. The van der Waals surface area contributed by atoms with Crippen molar-refractivity contribution in [2.45, 2.75) is 96.1 Å². The van der Waals surface area contributed by atoms with Crippen LogP contribution in [0, 0.1) is 35.5 Å². The molecule has 222 valence electrons. The van der Waals surface area contributed by atoms with Gasteiger partial charge < -0.3 is 25.0 Å². The number of nitrogens with zero attached hydrogens (tertiary/aromatic N) is 1. The maximum absolute atomic E-state index is 14.5. The molecule has 3 heterocycles. The van der Waals surface area contributed by atoms with Crippen molar-refractivity contribution < 1.29 is 23.9 Å². The quantitative estimate of drug-likeness (QED) is 0.495. The van der Waals surface area contributed by atoms with Crippen LogP contribution in [0.3, 0.4) is 0 Å². The number of amides is 3. The average molecular weight is 564 g/mol. The molecule has 0 radical (unpaired) electrons. The predicted molar refractivity (Wildman–Crippen MR) is 156 cm³/mol. The highest BCUT2D eigenvalue weighted by Crippen LogP contribution is 2.57. The van der Waals surface area contributed by atoms with Gasteiger partial charge in [0.25, 0.3) is 0 Å². The van der Waals surface area contributed by atoms with E-state index in [0.717, 1.165) is 32.1 Å². The lowest BCUT2D eigenvalue weighted by atomic mass is 9.73. The van der Waals surface area contributed by atoms with E-state index in [2.05, 4.69) is 38.3 Å². The van der Waals surface area contributed by atoms with Crippen molar-refractivity contribution in [3.63, 3.8) is 0 Å². The van der Waals surface area contributed by atoms with Gasteiger partial charge in [-0.05, 0) is 60.8 Å². The molecule has 2 aliphatic carbocycles. The summed E-state index contributed by atoms with van der Waals surface area (Å²) in [4.78, 5) is 44.6. The Bertz CT molecular complexity index is 1220. The van der Waals surface area contributed by atoms with E-state index in [1.807, 2.05) is 17.1 Å². The van der Waals surface area contributed by atoms with Crippen LogP contribution >= 0.6 is 0 Å².